The van der Waals surface area contributed by atoms with Crippen molar-refractivity contribution in [1.82, 2.24) is 5.16 Å². The summed E-state index contributed by atoms with van der Waals surface area (Å²) in [4.78, 5) is 24.0. The van der Waals surface area contributed by atoms with E-state index >= 15 is 0 Å². The number of benzene rings is 2. The van der Waals surface area contributed by atoms with Crippen molar-refractivity contribution in [2.24, 2.45) is 5.92 Å². The lowest BCUT2D eigenvalue weighted by atomic mass is 10.1. The van der Waals surface area contributed by atoms with Gasteiger partial charge in [-0.1, -0.05) is 72.1 Å². The van der Waals surface area contributed by atoms with E-state index in [0.717, 1.165) is 18.4 Å². The summed E-state index contributed by atoms with van der Waals surface area (Å²) in [6, 6.07) is 15.8. The number of nitrogens with zero attached hydrogens (tertiary/aromatic N) is 2. The van der Waals surface area contributed by atoms with Crippen molar-refractivity contribution in [2.75, 3.05) is 5.32 Å². The maximum atomic E-state index is 12.6. The lowest BCUT2D eigenvalue weighted by Gasteiger charge is -2.15. The van der Waals surface area contributed by atoms with Crippen molar-refractivity contribution >= 4 is 29.4 Å². The highest BCUT2D eigenvalue weighted by Gasteiger charge is 2.30. The predicted octanol–water partition coefficient (Wildman–Crippen LogP) is 5.95. The van der Waals surface area contributed by atoms with Crippen molar-refractivity contribution in [3.8, 4) is 17.4 Å². The van der Waals surface area contributed by atoms with Gasteiger partial charge in [0.2, 0.25) is 5.69 Å². The summed E-state index contributed by atoms with van der Waals surface area (Å²) < 4.78 is 16.4. The molecule has 1 saturated carbocycles. The number of carboxylic acids is 1. The van der Waals surface area contributed by atoms with Crippen LogP contribution in [-0.2, 0) is 20.9 Å². The van der Waals surface area contributed by atoms with Gasteiger partial charge in [-0.25, -0.2) is 9.59 Å². The number of nitriles is 1. The number of carboxylic acid groups (broad SMARTS) is 1. The minimum Gasteiger partial charge on any atom is -0.479 e. The summed E-state index contributed by atoms with van der Waals surface area (Å²) in [5, 5.41) is 25.5. The van der Waals surface area contributed by atoms with Crippen LogP contribution in [-0.4, -0.2) is 28.4 Å². The molecule has 0 aliphatic heterocycles. The largest absolute Gasteiger partial charge is 0.479 e. The molecule has 186 valence electrons. The molecule has 10 heteroatoms. The van der Waals surface area contributed by atoms with Crippen LogP contribution in [0.1, 0.15) is 49.1 Å². The van der Waals surface area contributed by atoms with Crippen molar-refractivity contribution < 1.29 is 28.7 Å². The average Bonchev–Trinajstić information content (AvgIpc) is 3.60. The fraction of sp³-hybridized carbons (Fsp3) is 0.308. The Morgan fingerprint density at radius 2 is 1.97 bits per heavy atom. The number of carbonyl (C=O) groups is 2. The maximum Gasteiger partial charge on any atom is 0.412 e. The van der Waals surface area contributed by atoms with E-state index in [1.165, 1.54) is 0 Å². The molecule has 1 aromatic heterocycles. The Hall–Kier alpha value is -3.87. The Bertz CT molecular complexity index is 1280. The van der Waals surface area contributed by atoms with Crippen molar-refractivity contribution in [3.63, 3.8) is 0 Å². The number of halogens is 1. The highest BCUT2D eigenvalue weighted by Crippen LogP contribution is 2.35. The van der Waals surface area contributed by atoms with Crippen LogP contribution in [0.2, 0.25) is 5.02 Å². The Labute approximate surface area is 212 Å². The first kappa shape index (κ1) is 25.2. The first-order valence-electron chi connectivity index (χ1n) is 11.4. The topological polar surface area (TPSA) is 135 Å². The Kier molecular flexibility index (Phi) is 7.88. The molecule has 0 bridgehead atoms. The quantitative estimate of drug-likeness (QED) is 0.342. The molecule has 1 heterocycles. The third-order valence-electron chi connectivity index (χ3n) is 5.84. The van der Waals surface area contributed by atoms with Gasteiger partial charge in [0.05, 0.1) is 6.61 Å². The first-order valence-corrected chi connectivity index (χ1v) is 11.8. The van der Waals surface area contributed by atoms with Gasteiger partial charge in [0.25, 0.3) is 0 Å². The normalized spacial score (nSPS) is 14.5. The summed E-state index contributed by atoms with van der Waals surface area (Å²) in [7, 11) is 0. The fourth-order valence-corrected chi connectivity index (χ4v) is 3.97. The lowest BCUT2D eigenvalue weighted by molar-refractivity contribution is -0.152. The van der Waals surface area contributed by atoms with Crippen molar-refractivity contribution in [2.45, 2.75) is 45.0 Å². The molecule has 1 amide bonds. The molecule has 1 aliphatic rings. The van der Waals surface area contributed by atoms with Crippen LogP contribution in [0.5, 0.6) is 0 Å². The zero-order valence-electron chi connectivity index (χ0n) is 19.4. The second-order valence-corrected chi connectivity index (χ2v) is 8.96. The molecule has 0 saturated heterocycles. The number of hydrogen-bond donors (Lipinski definition) is 2. The molecule has 2 N–H and O–H groups in total. The number of hydrogen-bond acceptors (Lipinski definition) is 7. The SMILES string of the molecule is CC(OC(=O)Nc1c(C#N)noc1-c1ccc(COC(CC2CC2)C(=O)O)cc1)c1ccccc1Cl. The summed E-state index contributed by atoms with van der Waals surface area (Å²) >= 11 is 6.17. The van der Waals surface area contributed by atoms with E-state index in [9.17, 15) is 20.0 Å². The van der Waals surface area contributed by atoms with Crippen LogP contribution in [0.25, 0.3) is 11.3 Å². The number of anilines is 1. The van der Waals surface area contributed by atoms with Crippen LogP contribution >= 0.6 is 11.6 Å². The van der Waals surface area contributed by atoms with Gasteiger partial charge in [0.1, 0.15) is 17.9 Å². The second kappa shape index (κ2) is 11.2. The lowest BCUT2D eigenvalue weighted by Crippen LogP contribution is -2.24. The number of aliphatic carboxylic acids is 1. The van der Waals surface area contributed by atoms with Gasteiger partial charge in [-0.15, -0.1) is 0 Å². The highest BCUT2D eigenvalue weighted by atomic mass is 35.5. The van der Waals surface area contributed by atoms with Gasteiger partial charge in [0.15, 0.2) is 11.9 Å². The number of nitrogens with one attached hydrogen (secondary N) is 1. The minimum absolute atomic E-state index is 0.0771. The van der Waals surface area contributed by atoms with E-state index in [1.807, 2.05) is 6.07 Å². The average molecular weight is 510 g/mol. The van der Waals surface area contributed by atoms with E-state index < -0.39 is 24.3 Å². The fourth-order valence-electron chi connectivity index (χ4n) is 3.69. The first-order chi connectivity index (χ1) is 17.4. The summed E-state index contributed by atoms with van der Waals surface area (Å²) in [5.41, 5.74) is 1.93. The monoisotopic (exact) mass is 509 g/mol. The van der Waals surface area contributed by atoms with Crippen LogP contribution in [0.15, 0.2) is 53.1 Å². The molecule has 2 unspecified atom stereocenters. The van der Waals surface area contributed by atoms with E-state index in [1.54, 1.807) is 55.5 Å². The van der Waals surface area contributed by atoms with E-state index in [0.29, 0.717) is 28.5 Å². The van der Waals surface area contributed by atoms with E-state index in [2.05, 4.69) is 10.5 Å². The van der Waals surface area contributed by atoms with Gasteiger partial charge in [-0.2, -0.15) is 5.26 Å². The molecule has 2 atom stereocenters. The molecule has 0 spiro atoms. The molecule has 36 heavy (non-hydrogen) atoms. The van der Waals surface area contributed by atoms with Gasteiger partial charge in [0, 0.05) is 16.1 Å². The molecule has 3 aromatic rings. The zero-order valence-corrected chi connectivity index (χ0v) is 20.2. The number of ether oxygens (including phenoxy) is 2. The Balaban J connectivity index is 1.43. The van der Waals surface area contributed by atoms with Gasteiger partial charge >= 0.3 is 12.1 Å². The molecular weight excluding hydrogens is 486 g/mol. The zero-order chi connectivity index (χ0) is 25.7. The van der Waals surface area contributed by atoms with Crippen molar-refractivity contribution in [3.05, 3.63) is 70.4 Å². The van der Waals surface area contributed by atoms with Crippen LogP contribution < -0.4 is 5.32 Å². The Morgan fingerprint density at radius 1 is 1.25 bits per heavy atom. The van der Waals surface area contributed by atoms with Crippen molar-refractivity contribution in [1.29, 1.82) is 5.26 Å². The number of amides is 1. The second-order valence-electron chi connectivity index (χ2n) is 8.56. The third-order valence-corrected chi connectivity index (χ3v) is 6.18. The number of carbonyl (C=O) groups excluding carboxylic acids is 1. The highest BCUT2D eigenvalue weighted by molar-refractivity contribution is 6.31. The maximum absolute atomic E-state index is 12.6. The summed E-state index contributed by atoms with van der Waals surface area (Å²) in [5.74, 6) is -0.353. The number of aromatic nitrogens is 1. The molecular formula is C26H24ClN3O6. The summed E-state index contributed by atoms with van der Waals surface area (Å²) in [6.07, 6.45) is 0.339. The smallest absolute Gasteiger partial charge is 0.412 e. The van der Waals surface area contributed by atoms with Gasteiger partial charge < -0.3 is 19.1 Å². The minimum atomic E-state index is -0.962. The molecule has 0 radical (unpaired) electrons. The molecule has 1 fully saturated rings. The summed E-state index contributed by atoms with van der Waals surface area (Å²) in [6.45, 7) is 1.82. The van der Waals surface area contributed by atoms with E-state index in [-0.39, 0.29) is 23.7 Å². The standard InChI is InChI=1S/C26H24ClN3O6/c1-15(19-4-2-3-5-20(19)27)35-26(33)29-23-21(13-28)30-36-24(23)18-10-8-17(9-11-18)14-34-22(25(31)32)12-16-6-7-16/h2-5,8-11,15-16,22H,6-7,12,14H2,1H3,(H,29,33)(H,31,32). The van der Waals surface area contributed by atoms with Crippen LogP contribution in [0.4, 0.5) is 10.5 Å². The molecule has 4 rings (SSSR count). The van der Waals surface area contributed by atoms with E-state index in [4.69, 9.17) is 25.6 Å². The van der Waals surface area contributed by atoms with Crippen LogP contribution in [0, 0.1) is 17.2 Å². The van der Waals surface area contributed by atoms with Gasteiger partial charge in [-0.3, -0.25) is 5.32 Å². The predicted molar refractivity (Wildman–Crippen MR) is 130 cm³/mol. The molecule has 9 nitrogen and oxygen atoms in total. The molecule has 1 aliphatic carbocycles. The van der Waals surface area contributed by atoms with Gasteiger partial charge in [-0.05, 0) is 30.9 Å². The third kappa shape index (κ3) is 6.22. The van der Waals surface area contributed by atoms with Crippen LogP contribution in [0.3, 0.4) is 0 Å². The Morgan fingerprint density at radius 3 is 2.61 bits per heavy atom. The molecule has 2 aromatic carbocycles. The number of rotatable bonds is 10.